The number of carbonyl (C=O) groups excluding carboxylic acids is 1. The summed E-state index contributed by atoms with van der Waals surface area (Å²) in [4.78, 5) is 19.1. The van der Waals surface area contributed by atoms with Crippen LogP contribution >= 0.6 is 0 Å². The number of hydrogen-bond acceptors (Lipinski definition) is 5. The number of hydrogen-bond donors (Lipinski definition) is 0. The standard InChI is InChI=1S/C23H28N4O2/c1-17-14-20(21(29-4)15-19(17)16-24)26-10-12-27(13-11-26)22(23(28)25(2)3)18-8-6-5-7-9-18/h5-9,14-15,22H,10-13H2,1-4H3/t22-/m0/s1. The molecule has 1 atom stereocenters. The highest BCUT2D eigenvalue weighted by atomic mass is 16.5. The second kappa shape index (κ2) is 8.97. The van der Waals surface area contributed by atoms with Crippen LogP contribution in [0.15, 0.2) is 42.5 Å². The first-order valence-electron chi connectivity index (χ1n) is 9.80. The molecule has 3 rings (SSSR count). The molecule has 0 bridgehead atoms. The van der Waals surface area contributed by atoms with Gasteiger partial charge in [-0.2, -0.15) is 5.26 Å². The van der Waals surface area contributed by atoms with Gasteiger partial charge >= 0.3 is 0 Å². The van der Waals surface area contributed by atoms with Crippen LogP contribution in [0.1, 0.15) is 22.7 Å². The van der Waals surface area contributed by atoms with Crippen molar-refractivity contribution in [1.82, 2.24) is 9.80 Å². The van der Waals surface area contributed by atoms with Gasteiger partial charge in [-0.1, -0.05) is 30.3 Å². The highest BCUT2D eigenvalue weighted by Gasteiger charge is 2.32. The zero-order valence-electron chi connectivity index (χ0n) is 17.6. The van der Waals surface area contributed by atoms with Crippen LogP contribution in [0, 0.1) is 18.3 Å². The summed E-state index contributed by atoms with van der Waals surface area (Å²) in [5.74, 6) is 0.807. The van der Waals surface area contributed by atoms with Gasteiger partial charge in [0.05, 0.1) is 24.4 Å². The van der Waals surface area contributed by atoms with E-state index >= 15 is 0 Å². The summed E-state index contributed by atoms with van der Waals surface area (Å²) in [5, 5.41) is 9.28. The molecule has 1 aliphatic heterocycles. The molecule has 1 amide bonds. The normalized spacial score (nSPS) is 15.5. The van der Waals surface area contributed by atoms with Crippen LogP contribution in [-0.2, 0) is 4.79 Å². The Labute approximate surface area is 172 Å². The maximum atomic E-state index is 12.9. The van der Waals surface area contributed by atoms with Crippen LogP contribution in [0.4, 0.5) is 5.69 Å². The maximum Gasteiger partial charge on any atom is 0.244 e. The molecule has 6 heteroatoms. The lowest BCUT2D eigenvalue weighted by molar-refractivity contribution is -0.134. The molecule has 0 aromatic heterocycles. The average molecular weight is 393 g/mol. The van der Waals surface area contributed by atoms with Crippen molar-refractivity contribution in [1.29, 1.82) is 5.26 Å². The summed E-state index contributed by atoms with van der Waals surface area (Å²) >= 11 is 0. The fourth-order valence-electron chi connectivity index (χ4n) is 3.81. The predicted octanol–water partition coefficient (Wildman–Crippen LogP) is 2.83. The molecule has 2 aromatic rings. The number of nitrogens with zero attached hydrogens (tertiary/aromatic N) is 4. The van der Waals surface area contributed by atoms with Gasteiger partial charge in [-0.15, -0.1) is 0 Å². The molecule has 0 unspecified atom stereocenters. The number of likely N-dealkylation sites (N-methyl/N-ethyl adjacent to an activating group) is 1. The third-order valence-corrected chi connectivity index (χ3v) is 5.46. The molecule has 1 fully saturated rings. The number of anilines is 1. The molecule has 29 heavy (non-hydrogen) atoms. The third-order valence-electron chi connectivity index (χ3n) is 5.46. The van der Waals surface area contributed by atoms with Gasteiger partial charge in [0, 0.05) is 46.3 Å². The number of nitriles is 1. The van der Waals surface area contributed by atoms with E-state index in [0.717, 1.165) is 43.0 Å². The zero-order chi connectivity index (χ0) is 21.0. The third kappa shape index (κ3) is 4.36. The maximum absolute atomic E-state index is 12.9. The van der Waals surface area contributed by atoms with E-state index in [4.69, 9.17) is 4.74 Å². The molecular formula is C23H28N4O2. The van der Waals surface area contributed by atoms with Crippen molar-refractivity contribution in [2.24, 2.45) is 0 Å². The number of ether oxygens (including phenoxy) is 1. The highest BCUT2D eigenvalue weighted by Crippen LogP contribution is 2.33. The first kappa shape index (κ1) is 20.7. The molecular weight excluding hydrogens is 364 g/mol. The van der Waals surface area contributed by atoms with Crippen LogP contribution in [0.3, 0.4) is 0 Å². The Hall–Kier alpha value is -3.04. The first-order chi connectivity index (χ1) is 14.0. The number of aryl methyl sites for hydroxylation is 1. The van der Waals surface area contributed by atoms with Crippen LogP contribution in [0.25, 0.3) is 0 Å². The lowest BCUT2D eigenvalue weighted by atomic mass is 10.0. The highest BCUT2D eigenvalue weighted by molar-refractivity contribution is 5.83. The van der Waals surface area contributed by atoms with Gasteiger partial charge in [-0.05, 0) is 24.1 Å². The van der Waals surface area contributed by atoms with Gasteiger partial charge < -0.3 is 14.5 Å². The van der Waals surface area contributed by atoms with Crippen LogP contribution in [0.5, 0.6) is 5.75 Å². The minimum Gasteiger partial charge on any atom is -0.495 e. The topological polar surface area (TPSA) is 59.8 Å². The second-order valence-electron chi connectivity index (χ2n) is 7.52. The number of piperazine rings is 1. The summed E-state index contributed by atoms with van der Waals surface area (Å²) in [6.45, 7) is 5.04. The Balaban J connectivity index is 1.81. The van der Waals surface area contributed by atoms with Crippen molar-refractivity contribution in [2.45, 2.75) is 13.0 Å². The molecule has 2 aromatic carbocycles. The van der Waals surface area contributed by atoms with E-state index in [1.165, 1.54) is 0 Å². The van der Waals surface area contributed by atoms with Crippen molar-refractivity contribution in [2.75, 3.05) is 52.3 Å². The Morgan fingerprint density at radius 2 is 1.79 bits per heavy atom. The van der Waals surface area contributed by atoms with Crippen molar-refractivity contribution < 1.29 is 9.53 Å². The summed E-state index contributed by atoms with van der Waals surface area (Å²) < 4.78 is 5.54. The van der Waals surface area contributed by atoms with Gasteiger partial charge in [0.25, 0.3) is 0 Å². The molecule has 6 nitrogen and oxygen atoms in total. The van der Waals surface area contributed by atoms with Gasteiger partial charge in [0.1, 0.15) is 11.8 Å². The first-order valence-corrected chi connectivity index (χ1v) is 9.80. The number of amides is 1. The van der Waals surface area contributed by atoms with Gasteiger partial charge in [0.15, 0.2) is 0 Å². The molecule has 0 radical (unpaired) electrons. The Kier molecular flexibility index (Phi) is 6.40. The molecule has 0 N–H and O–H groups in total. The van der Waals surface area contributed by atoms with Crippen molar-refractivity contribution in [3.05, 3.63) is 59.2 Å². The molecule has 0 spiro atoms. The Morgan fingerprint density at radius 3 is 2.34 bits per heavy atom. The predicted molar refractivity (Wildman–Crippen MR) is 114 cm³/mol. The average Bonchev–Trinajstić information content (AvgIpc) is 2.75. The smallest absolute Gasteiger partial charge is 0.244 e. The zero-order valence-corrected chi connectivity index (χ0v) is 17.6. The van der Waals surface area contributed by atoms with Crippen molar-refractivity contribution in [3.8, 4) is 11.8 Å². The summed E-state index contributed by atoms with van der Waals surface area (Å²) in [6, 6.07) is 15.7. The van der Waals surface area contributed by atoms with E-state index in [1.54, 1.807) is 32.2 Å². The summed E-state index contributed by atoms with van der Waals surface area (Å²) in [7, 11) is 5.24. The monoisotopic (exact) mass is 392 g/mol. The Morgan fingerprint density at radius 1 is 1.14 bits per heavy atom. The summed E-state index contributed by atoms with van der Waals surface area (Å²) in [6.07, 6.45) is 0. The van der Waals surface area contributed by atoms with Gasteiger partial charge in [-0.25, -0.2) is 0 Å². The molecule has 1 heterocycles. The Bertz CT molecular complexity index is 897. The molecule has 0 saturated carbocycles. The molecule has 152 valence electrons. The van der Waals surface area contributed by atoms with Crippen molar-refractivity contribution in [3.63, 3.8) is 0 Å². The SMILES string of the molecule is COc1cc(C#N)c(C)cc1N1CCN([C@H](C(=O)N(C)C)c2ccccc2)CC1. The van der Waals surface area contributed by atoms with E-state index in [2.05, 4.69) is 15.9 Å². The van der Waals surface area contributed by atoms with Gasteiger partial charge in [0.2, 0.25) is 5.91 Å². The number of benzene rings is 2. The van der Waals surface area contributed by atoms with Crippen LogP contribution in [-0.4, -0.2) is 63.1 Å². The lowest BCUT2D eigenvalue weighted by Gasteiger charge is -2.40. The molecule has 0 aliphatic carbocycles. The fourth-order valence-corrected chi connectivity index (χ4v) is 3.81. The van der Waals surface area contributed by atoms with E-state index in [1.807, 2.05) is 43.3 Å². The fraction of sp³-hybridized carbons (Fsp3) is 0.391. The lowest BCUT2D eigenvalue weighted by Crippen LogP contribution is -2.51. The quantitative estimate of drug-likeness (QED) is 0.783. The van der Waals surface area contributed by atoms with E-state index in [9.17, 15) is 10.1 Å². The van der Waals surface area contributed by atoms with E-state index in [-0.39, 0.29) is 11.9 Å². The van der Waals surface area contributed by atoms with E-state index in [0.29, 0.717) is 11.3 Å². The van der Waals surface area contributed by atoms with Crippen LogP contribution in [0.2, 0.25) is 0 Å². The number of carbonyl (C=O) groups is 1. The second-order valence-corrected chi connectivity index (χ2v) is 7.52. The number of rotatable bonds is 5. The largest absolute Gasteiger partial charge is 0.495 e. The number of methoxy groups -OCH3 is 1. The van der Waals surface area contributed by atoms with E-state index < -0.39 is 0 Å². The minimum atomic E-state index is -0.280. The summed E-state index contributed by atoms with van der Waals surface area (Å²) in [5.41, 5.74) is 3.59. The molecule has 1 aliphatic rings. The minimum absolute atomic E-state index is 0.0939. The van der Waals surface area contributed by atoms with Crippen LogP contribution < -0.4 is 9.64 Å². The van der Waals surface area contributed by atoms with Gasteiger partial charge in [-0.3, -0.25) is 9.69 Å². The van der Waals surface area contributed by atoms with Crippen molar-refractivity contribution >= 4 is 11.6 Å². The molecule has 1 saturated heterocycles.